The Morgan fingerprint density at radius 2 is 1.82 bits per heavy atom. The number of benzene rings is 2. The minimum Gasteiger partial charge on any atom is -0.490 e. The van der Waals surface area contributed by atoms with Crippen molar-refractivity contribution in [1.82, 2.24) is 29.7 Å². The van der Waals surface area contributed by atoms with E-state index in [9.17, 15) is 15.2 Å². The van der Waals surface area contributed by atoms with Gasteiger partial charge in [0.2, 0.25) is 5.95 Å². The topological polar surface area (TPSA) is 155 Å². The molecule has 7 rings (SSSR count). The van der Waals surface area contributed by atoms with Crippen LogP contribution in [0.5, 0.6) is 11.5 Å². The predicted molar refractivity (Wildman–Crippen MR) is 193 cm³/mol. The number of urea groups is 1. The van der Waals surface area contributed by atoms with Crippen molar-refractivity contribution in [3.8, 4) is 23.3 Å². The van der Waals surface area contributed by atoms with Crippen LogP contribution in [0.15, 0.2) is 66.9 Å². The fourth-order valence-corrected chi connectivity index (χ4v) is 6.78. The Labute approximate surface area is 296 Å². The summed E-state index contributed by atoms with van der Waals surface area (Å²) < 4.78 is 15.9. The summed E-state index contributed by atoms with van der Waals surface area (Å²) >= 11 is 0. The highest BCUT2D eigenvalue weighted by Gasteiger charge is 2.30. The number of hydrogen-bond acceptors (Lipinski definition) is 9. The van der Waals surface area contributed by atoms with Crippen LogP contribution in [0.1, 0.15) is 87.4 Å². The lowest BCUT2D eigenvalue weighted by molar-refractivity contribution is 0.171. The van der Waals surface area contributed by atoms with Crippen LogP contribution >= 0.6 is 0 Å². The van der Waals surface area contributed by atoms with Crippen LogP contribution in [0.25, 0.3) is 11.3 Å². The van der Waals surface area contributed by atoms with Gasteiger partial charge in [-0.15, -0.1) is 10.2 Å². The number of ether oxygens (including phenoxy) is 2. The van der Waals surface area contributed by atoms with Gasteiger partial charge in [-0.05, 0) is 67.5 Å². The third-order valence-electron chi connectivity index (χ3n) is 9.41. The van der Waals surface area contributed by atoms with Crippen LogP contribution < -0.4 is 25.0 Å². The van der Waals surface area contributed by atoms with Crippen LogP contribution in [0.2, 0.25) is 0 Å². The molecule has 0 spiro atoms. The number of hydrogen-bond donors (Lipinski definition) is 3. The summed E-state index contributed by atoms with van der Waals surface area (Å²) in [6.45, 7) is 7.95. The van der Waals surface area contributed by atoms with E-state index in [-0.39, 0.29) is 36.8 Å². The zero-order chi connectivity index (χ0) is 35.5. The Kier molecular flexibility index (Phi) is 9.51. The minimum absolute atomic E-state index is 0.0454. The lowest BCUT2D eigenvalue weighted by Gasteiger charge is -2.32. The number of aliphatic hydroxyl groups excluding tert-OH is 1. The zero-order valence-corrected chi connectivity index (χ0v) is 29.2. The van der Waals surface area contributed by atoms with Gasteiger partial charge in [-0.3, -0.25) is 9.72 Å². The van der Waals surface area contributed by atoms with Crippen LogP contribution in [-0.4, -0.2) is 61.8 Å². The summed E-state index contributed by atoms with van der Waals surface area (Å²) in [7, 11) is 0. The molecule has 2 aromatic carbocycles. The molecule has 0 radical (unpaired) electrons. The molecule has 1 aliphatic carbocycles. The maximum absolute atomic E-state index is 13.7. The first-order valence-electron chi connectivity index (χ1n) is 17.5. The molecule has 2 amide bonds. The Morgan fingerprint density at radius 1 is 1.02 bits per heavy atom. The van der Waals surface area contributed by atoms with E-state index >= 15 is 0 Å². The highest BCUT2D eigenvalue weighted by molar-refractivity contribution is 5.89. The number of amides is 2. The molecular weight excluding hydrogens is 646 g/mol. The molecule has 0 unspecified atom stereocenters. The predicted octanol–water partition coefficient (Wildman–Crippen LogP) is 6.22. The van der Waals surface area contributed by atoms with Crippen molar-refractivity contribution in [2.75, 3.05) is 36.5 Å². The van der Waals surface area contributed by atoms with Crippen LogP contribution in [0, 0.1) is 11.3 Å². The standard InChI is InChI=1S/C38H43N9O4/c1-38(2,3)33-22-35(47(44-33)26-12-11-25(23-39)32(21-26)50-20-19-48)41-36(49)40-30-14-15-31(29-10-6-5-9-28(29)30)51-27-13-16-34-42-43-37(46(34)24-27)45-17-7-4-8-18-45/h5-6,9-13,16,21-22,24,30-31,48H,4,7-8,14-15,17-20H2,1-3H3,(H2,40,41,49)/t30-,31+/m0/s1. The van der Waals surface area contributed by atoms with Gasteiger partial charge in [-0.2, -0.15) is 10.4 Å². The fraction of sp³-hybridized carbons (Fsp3) is 0.395. The van der Waals surface area contributed by atoms with Crippen LogP contribution in [0.3, 0.4) is 0 Å². The highest BCUT2D eigenvalue weighted by atomic mass is 16.5. The number of nitriles is 1. The number of nitrogens with zero attached hydrogens (tertiary/aromatic N) is 7. The van der Waals surface area contributed by atoms with Crippen molar-refractivity contribution in [3.05, 3.63) is 89.2 Å². The first-order valence-corrected chi connectivity index (χ1v) is 17.5. The molecule has 13 heteroatoms. The second-order valence-corrected chi connectivity index (χ2v) is 14.0. The highest BCUT2D eigenvalue weighted by Crippen LogP contribution is 2.39. The van der Waals surface area contributed by atoms with Crippen molar-refractivity contribution in [2.45, 2.75) is 70.4 Å². The lowest BCUT2D eigenvalue weighted by Crippen LogP contribution is -2.36. The maximum atomic E-state index is 13.7. The number of carbonyl (C=O) groups excluding carboxylic acids is 1. The Bertz CT molecular complexity index is 2070. The summed E-state index contributed by atoms with van der Waals surface area (Å²) in [4.78, 5) is 16.0. The lowest BCUT2D eigenvalue weighted by atomic mass is 9.85. The van der Waals surface area contributed by atoms with Crippen LogP contribution in [0.4, 0.5) is 16.6 Å². The number of anilines is 2. The van der Waals surface area contributed by atoms with Gasteiger partial charge < -0.3 is 24.8 Å². The summed E-state index contributed by atoms with van der Waals surface area (Å²) in [5.74, 6) is 2.38. The molecule has 4 heterocycles. The van der Waals surface area contributed by atoms with Gasteiger partial charge in [0.1, 0.15) is 36.1 Å². The molecule has 1 saturated heterocycles. The van der Waals surface area contributed by atoms with Gasteiger partial charge in [0.15, 0.2) is 5.65 Å². The molecule has 0 saturated carbocycles. The molecule has 3 N–H and O–H groups in total. The summed E-state index contributed by atoms with van der Waals surface area (Å²) in [5, 5.41) is 38.7. The summed E-state index contributed by atoms with van der Waals surface area (Å²) in [5.41, 5.74) is 4.23. The SMILES string of the molecule is CC(C)(C)c1cc(NC(=O)N[C@H]2CC[C@@H](Oc3ccc4nnc(N5CCCCC5)n4c3)c3ccccc32)n(-c2ccc(C#N)c(OCCO)c2)n1. The van der Waals surface area contributed by atoms with E-state index in [0.717, 1.165) is 60.1 Å². The number of pyridine rings is 1. The molecule has 264 valence electrons. The van der Waals surface area contributed by atoms with E-state index in [0.29, 0.717) is 35.7 Å². The number of nitrogens with one attached hydrogen (secondary N) is 2. The molecule has 13 nitrogen and oxygen atoms in total. The van der Waals surface area contributed by atoms with Crippen molar-refractivity contribution in [3.63, 3.8) is 0 Å². The number of piperidine rings is 1. The van der Waals surface area contributed by atoms with E-state index in [1.54, 1.807) is 22.9 Å². The minimum atomic E-state index is -0.371. The number of rotatable bonds is 9. The first-order chi connectivity index (χ1) is 24.7. The number of carbonyl (C=O) groups is 1. The van der Waals surface area contributed by atoms with Gasteiger partial charge in [0.05, 0.1) is 35.8 Å². The second kappa shape index (κ2) is 14.3. The molecule has 5 aromatic rings. The molecule has 0 bridgehead atoms. The van der Waals surface area contributed by atoms with Crippen molar-refractivity contribution < 1.29 is 19.4 Å². The third-order valence-corrected chi connectivity index (χ3v) is 9.41. The Hall–Kier alpha value is -5.61. The van der Waals surface area contributed by atoms with Gasteiger partial charge in [0, 0.05) is 30.6 Å². The summed E-state index contributed by atoms with van der Waals surface area (Å²) in [6, 6.07) is 20.4. The van der Waals surface area contributed by atoms with Gasteiger partial charge in [-0.25, -0.2) is 9.48 Å². The van der Waals surface area contributed by atoms with Crippen molar-refractivity contribution in [2.24, 2.45) is 0 Å². The largest absolute Gasteiger partial charge is 0.490 e. The van der Waals surface area contributed by atoms with Gasteiger partial charge in [-0.1, -0.05) is 45.0 Å². The molecule has 2 atom stereocenters. The third kappa shape index (κ3) is 7.18. The quantitative estimate of drug-likeness (QED) is 0.164. The molecule has 1 fully saturated rings. The number of fused-ring (bicyclic) bond motifs is 2. The number of aromatic nitrogens is 5. The smallest absolute Gasteiger partial charge is 0.320 e. The zero-order valence-electron chi connectivity index (χ0n) is 29.2. The van der Waals surface area contributed by atoms with Gasteiger partial charge >= 0.3 is 6.03 Å². The van der Waals surface area contributed by atoms with Crippen LogP contribution in [-0.2, 0) is 5.41 Å². The van der Waals surface area contributed by atoms with E-state index in [1.165, 1.54) is 6.42 Å². The fourth-order valence-electron chi connectivity index (χ4n) is 6.78. The summed E-state index contributed by atoms with van der Waals surface area (Å²) in [6.07, 6.45) is 6.71. The Morgan fingerprint density at radius 3 is 2.59 bits per heavy atom. The first kappa shape index (κ1) is 33.9. The van der Waals surface area contributed by atoms with E-state index < -0.39 is 0 Å². The monoisotopic (exact) mass is 689 g/mol. The average molecular weight is 690 g/mol. The van der Waals surface area contributed by atoms with E-state index in [1.807, 2.05) is 67.8 Å². The normalized spacial score (nSPS) is 17.4. The Balaban J connectivity index is 1.09. The van der Waals surface area contributed by atoms with Crippen molar-refractivity contribution >= 4 is 23.4 Å². The molecule has 2 aliphatic rings. The number of aliphatic hydroxyl groups is 1. The molecule has 3 aromatic heterocycles. The second-order valence-electron chi connectivity index (χ2n) is 14.0. The molecule has 1 aliphatic heterocycles. The van der Waals surface area contributed by atoms with E-state index in [2.05, 4.69) is 37.9 Å². The van der Waals surface area contributed by atoms with Crippen molar-refractivity contribution in [1.29, 1.82) is 5.26 Å². The maximum Gasteiger partial charge on any atom is 0.320 e. The van der Waals surface area contributed by atoms with Gasteiger partial charge in [0.25, 0.3) is 0 Å². The molecule has 51 heavy (non-hydrogen) atoms. The average Bonchev–Trinajstić information content (AvgIpc) is 3.76. The van der Waals surface area contributed by atoms with E-state index in [4.69, 9.17) is 14.6 Å². The molecular formula is C38H43N9O4.